The van der Waals surface area contributed by atoms with Gasteiger partial charge in [-0.2, -0.15) is 0 Å². The van der Waals surface area contributed by atoms with E-state index >= 15 is 0 Å². The molecular formula is C7H10ClN3. The highest BCUT2D eigenvalue weighted by atomic mass is 35.5. The van der Waals surface area contributed by atoms with E-state index in [9.17, 15) is 0 Å². The Morgan fingerprint density at radius 2 is 2.18 bits per heavy atom. The molecule has 2 rings (SSSR count). The molecule has 1 N–H and O–H groups in total. The number of anilines is 1. The van der Waals surface area contributed by atoms with Crippen molar-refractivity contribution in [1.82, 2.24) is 9.97 Å². The van der Waals surface area contributed by atoms with Crippen molar-refractivity contribution in [3.05, 3.63) is 11.3 Å². The van der Waals surface area contributed by atoms with Crippen molar-refractivity contribution in [2.75, 3.05) is 18.0 Å². The van der Waals surface area contributed by atoms with E-state index in [4.69, 9.17) is 11.6 Å². The lowest BCUT2D eigenvalue weighted by Crippen LogP contribution is -2.18. The summed E-state index contributed by atoms with van der Waals surface area (Å²) in [5.41, 5.74) is 0. The van der Waals surface area contributed by atoms with E-state index in [1.54, 1.807) is 6.20 Å². The van der Waals surface area contributed by atoms with Crippen molar-refractivity contribution in [1.29, 1.82) is 0 Å². The fraction of sp³-hybridized carbons (Fsp3) is 0.571. The van der Waals surface area contributed by atoms with Gasteiger partial charge in [-0.15, -0.1) is 0 Å². The maximum Gasteiger partial charge on any atom is 0.203 e. The molecule has 0 saturated carbocycles. The van der Waals surface area contributed by atoms with Gasteiger partial charge < -0.3 is 9.88 Å². The van der Waals surface area contributed by atoms with Gasteiger partial charge in [0, 0.05) is 13.1 Å². The van der Waals surface area contributed by atoms with Gasteiger partial charge in [0.15, 0.2) is 0 Å². The van der Waals surface area contributed by atoms with E-state index in [0.717, 1.165) is 19.0 Å². The highest BCUT2D eigenvalue weighted by Gasteiger charge is 2.14. The first-order valence-electron chi connectivity index (χ1n) is 3.82. The monoisotopic (exact) mass is 171 g/mol. The number of nitrogens with one attached hydrogen (secondary N) is 1. The van der Waals surface area contributed by atoms with Crippen LogP contribution in [0.4, 0.5) is 5.95 Å². The molecule has 0 radical (unpaired) electrons. The Hall–Kier alpha value is -0.700. The van der Waals surface area contributed by atoms with Gasteiger partial charge in [-0.3, -0.25) is 0 Å². The number of hydrogen-bond donors (Lipinski definition) is 1. The first-order valence-corrected chi connectivity index (χ1v) is 4.19. The number of imidazole rings is 1. The molecule has 11 heavy (non-hydrogen) atoms. The maximum absolute atomic E-state index is 5.69. The van der Waals surface area contributed by atoms with Gasteiger partial charge in [-0.1, -0.05) is 11.6 Å². The molecule has 0 aromatic carbocycles. The SMILES string of the molecule is Clc1cnc(N2CCCC2)[nH]1. The molecule has 2 heterocycles. The van der Waals surface area contributed by atoms with Crippen LogP contribution in [0.5, 0.6) is 0 Å². The first kappa shape index (κ1) is 6.98. The molecule has 0 unspecified atom stereocenters. The van der Waals surface area contributed by atoms with Crippen molar-refractivity contribution in [3.63, 3.8) is 0 Å². The summed E-state index contributed by atoms with van der Waals surface area (Å²) in [5, 5.41) is 0.618. The maximum atomic E-state index is 5.69. The van der Waals surface area contributed by atoms with Crippen molar-refractivity contribution >= 4 is 17.5 Å². The lowest BCUT2D eigenvalue weighted by atomic mass is 10.4. The normalized spacial score (nSPS) is 17.7. The van der Waals surface area contributed by atoms with Crippen molar-refractivity contribution in [2.45, 2.75) is 12.8 Å². The summed E-state index contributed by atoms with van der Waals surface area (Å²) in [6.07, 6.45) is 4.17. The number of hydrogen-bond acceptors (Lipinski definition) is 2. The fourth-order valence-corrected chi connectivity index (χ4v) is 1.51. The minimum absolute atomic E-state index is 0.618. The van der Waals surface area contributed by atoms with Crippen LogP contribution in [0.3, 0.4) is 0 Å². The first-order chi connectivity index (χ1) is 5.36. The van der Waals surface area contributed by atoms with Crippen molar-refractivity contribution in [2.24, 2.45) is 0 Å². The molecule has 1 saturated heterocycles. The van der Waals surface area contributed by atoms with Crippen LogP contribution in [0.1, 0.15) is 12.8 Å². The van der Waals surface area contributed by atoms with Crippen LogP contribution in [0, 0.1) is 0 Å². The Labute approximate surface area is 70.4 Å². The molecule has 60 valence electrons. The second kappa shape index (κ2) is 2.74. The van der Waals surface area contributed by atoms with Crippen LogP contribution in [0.2, 0.25) is 5.15 Å². The molecule has 1 aromatic heterocycles. The van der Waals surface area contributed by atoms with E-state index in [1.807, 2.05) is 0 Å². The number of halogens is 1. The average Bonchev–Trinajstić information content (AvgIpc) is 2.55. The Morgan fingerprint density at radius 3 is 2.73 bits per heavy atom. The van der Waals surface area contributed by atoms with Crippen molar-refractivity contribution < 1.29 is 0 Å². The molecule has 0 aliphatic carbocycles. The van der Waals surface area contributed by atoms with Crippen LogP contribution >= 0.6 is 11.6 Å². The molecule has 0 bridgehead atoms. The van der Waals surface area contributed by atoms with E-state index in [0.29, 0.717) is 5.15 Å². The molecular weight excluding hydrogens is 162 g/mol. The van der Waals surface area contributed by atoms with Crippen molar-refractivity contribution in [3.8, 4) is 0 Å². The summed E-state index contributed by atoms with van der Waals surface area (Å²) in [6, 6.07) is 0. The number of aromatic amines is 1. The molecule has 0 amide bonds. The number of nitrogens with zero attached hydrogens (tertiary/aromatic N) is 2. The quantitative estimate of drug-likeness (QED) is 0.697. The number of H-pyrrole nitrogens is 1. The molecule has 3 nitrogen and oxygen atoms in total. The van der Waals surface area contributed by atoms with Gasteiger partial charge in [0.25, 0.3) is 0 Å². The van der Waals surface area contributed by atoms with Gasteiger partial charge >= 0.3 is 0 Å². The topological polar surface area (TPSA) is 31.9 Å². The third-order valence-corrected chi connectivity index (χ3v) is 2.13. The molecule has 1 aromatic rings. The van der Waals surface area contributed by atoms with E-state index in [2.05, 4.69) is 14.9 Å². The summed E-state index contributed by atoms with van der Waals surface area (Å²) in [7, 11) is 0. The predicted octanol–water partition coefficient (Wildman–Crippen LogP) is 1.66. The molecule has 1 fully saturated rings. The minimum Gasteiger partial charge on any atom is -0.342 e. The lowest BCUT2D eigenvalue weighted by molar-refractivity contribution is 0.918. The van der Waals surface area contributed by atoms with Crippen LogP contribution in [-0.4, -0.2) is 23.1 Å². The molecule has 1 aliphatic rings. The molecule has 0 atom stereocenters. The van der Waals surface area contributed by atoms with Crippen LogP contribution in [-0.2, 0) is 0 Å². The summed E-state index contributed by atoms with van der Waals surface area (Å²) in [5.74, 6) is 0.910. The third kappa shape index (κ3) is 1.33. The summed E-state index contributed by atoms with van der Waals surface area (Å²) in [4.78, 5) is 9.35. The molecule has 4 heteroatoms. The predicted molar refractivity (Wildman–Crippen MR) is 45.0 cm³/mol. The number of aromatic nitrogens is 2. The van der Waals surface area contributed by atoms with Gasteiger partial charge in [0.1, 0.15) is 5.15 Å². The Balaban J connectivity index is 2.15. The van der Waals surface area contributed by atoms with Crippen LogP contribution in [0.15, 0.2) is 6.20 Å². The second-order valence-electron chi connectivity index (χ2n) is 2.75. The van der Waals surface area contributed by atoms with Crippen LogP contribution < -0.4 is 4.90 Å². The van der Waals surface area contributed by atoms with E-state index < -0.39 is 0 Å². The van der Waals surface area contributed by atoms with Crippen LogP contribution in [0.25, 0.3) is 0 Å². The Morgan fingerprint density at radius 1 is 1.45 bits per heavy atom. The minimum atomic E-state index is 0.618. The Kier molecular flexibility index (Phi) is 1.74. The summed E-state index contributed by atoms with van der Waals surface area (Å²) >= 11 is 5.69. The lowest BCUT2D eigenvalue weighted by Gasteiger charge is -2.12. The summed E-state index contributed by atoms with van der Waals surface area (Å²) in [6.45, 7) is 2.20. The zero-order valence-electron chi connectivity index (χ0n) is 6.18. The van der Waals surface area contributed by atoms with Gasteiger partial charge in [-0.25, -0.2) is 4.98 Å². The smallest absolute Gasteiger partial charge is 0.203 e. The van der Waals surface area contributed by atoms with E-state index in [1.165, 1.54) is 12.8 Å². The molecule has 0 spiro atoms. The number of rotatable bonds is 1. The van der Waals surface area contributed by atoms with Gasteiger partial charge in [-0.05, 0) is 12.8 Å². The van der Waals surface area contributed by atoms with Gasteiger partial charge in [0.05, 0.1) is 6.20 Å². The standard InChI is InChI=1S/C7H10ClN3/c8-6-5-9-7(10-6)11-3-1-2-4-11/h5H,1-4H2,(H,9,10). The van der Waals surface area contributed by atoms with Gasteiger partial charge in [0.2, 0.25) is 5.95 Å². The highest BCUT2D eigenvalue weighted by molar-refractivity contribution is 6.29. The third-order valence-electron chi connectivity index (χ3n) is 1.94. The zero-order chi connectivity index (χ0) is 7.68. The summed E-state index contributed by atoms with van der Waals surface area (Å²) < 4.78 is 0. The van der Waals surface area contributed by atoms with E-state index in [-0.39, 0.29) is 0 Å². The second-order valence-corrected chi connectivity index (χ2v) is 3.16. The average molecular weight is 172 g/mol. The Bertz CT molecular complexity index is 240. The zero-order valence-corrected chi connectivity index (χ0v) is 6.93. The highest BCUT2D eigenvalue weighted by Crippen LogP contribution is 2.17. The fourth-order valence-electron chi connectivity index (χ4n) is 1.38. The largest absolute Gasteiger partial charge is 0.342 e. The molecule has 1 aliphatic heterocycles.